The number of para-hydroxylation sites is 1. The number of hydrogen-bond acceptors (Lipinski definition) is 4. The van der Waals surface area contributed by atoms with Gasteiger partial charge in [0.25, 0.3) is 0 Å². The number of rotatable bonds is 4. The van der Waals surface area contributed by atoms with E-state index in [1.165, 1.54) is 12.1 Å². The number of carbonyl (C=O) groups is 1. The number of anilines is 2. The van der Waals surface area contributed by atoms with Crippen LogP contribution >= 0.6 is 15.9 Å². The van der Waals surface area contributed by atoms with Crippen LogP contribution in [-0.2, 0) is 0 Å². The van der Waals surface area contributed by atoms with Gasteiger partial charge >= 0.3 is 12.0 Å². The number of carbonyl (C=O) groups excluding carboxylic acids is 1. The number of urea groups is 1. The third-order valence-corrected chi connectivity index (χ3v) is 3.43. The van der Waals surface area contributed by atoms with Crippen molar-refractivity contribution in [3.63, 3.8) is 0 Å². The molecule has 3 aromatic rings. The highest BCUT2D eigenvalue weighted by atomic mass is 79.9. The van der Waals surface area contributed by atoms with Crippen molar-refractivity contribution in [2.24, 2.45) is 0 Å². The Morgan fingerprint density at radius 2 is 1.80 bits per heavy atom. The van der Waals surface area contributed by atoms with Crippen molar-refractivity contribution in [1.29, 1.82) is 0 Å². The molecule has 0 aliphatic rings. The van der Waals surface area contributed by atoms with Crippen LogP contribution in [0.25, 0.3) is 0 Å². The molecule has 0 aliphatic heterocycles. The maximum atomic E-state index is 13.5. The molecule has 0 saturated carbocycles. The van der Waals surface area contributed by atoms with Crippen LogP contribution in [0.4, 0.5) is 20.6 Å². The Hall–Kier alpha value is -3.00. The molecule has 0 bridgehead atoms. The van der Waals surface area contributed by atoms with Gasteiger partial charge in [0.1, 0.15) is 11.6 Å². The number of benzene rings is 2. The average Bonchev–Trinajstić information content (AvgIpc) is 2.59. The number of aromatic nitrogens is 2. The van der Waals surface area contributed by atoms with Crippen LogP contribution in [0.3, 0.4) is 0 Å². The zero-order valence-electron chi connectivity index (χ0n) is 12.7. The predicted octanol–water partition coefficient (Wildman–Crippen LogP) is 4.81. The molecule has 2 aromatic carbocycles. The van der Waals surface area contributed by atoms with E-state index in [2.05, 4.69) is 36.5 Å². The summed E-state index contributed by atoms with van der Waals surface area (Å²) < 4.78 is 19.8. The summed E-state index contributed by atoms with van der Waals surface area (Å²) in [5.74, 6) is -0.0619. The zero-order chi connectivity index (χ0) is 17.6. The molecule has 2 amide bonds. The van der Waals surface area contributed by atoms with Gasteiger partial charge < -0.3 is 15.4 Å². The standard InChI is InChI=1S/C17H12BrFN4O2/c18-11-9-20-17(21-10-11)25-13-5-3-4-12(8-13)22-16(24)23-15-7-2-1-6-14(15)19/h1-10H,(H2,22,23,24). The van der Waals surface area contributed by atoms with Crippen molar-refractivity contribution in [2.45, 2.75) is 0 Å². The van der Waals surface area contributed by atoms with E-state index in [1.807, 2.05) is 0 Å². The van der Waals surface area contributed by atoms with Crippen molar-refractivity contribution in [2.75, 3.05) is 10.6 Å². The van der Waals surface area contributed by atoms with Gasteiger partial charge in [-0.05, 0) is 40.2 Å². The molecular weight excluding hydrogens is 391 g/mol. The summed E-state index contributed by atoms with van der Waals surface area (Å²) in [6, 6.07) is 12.2. The second kappa shape index (κ2) is 7.71. The van der Waals surface area contributed by atoms with Crippen molar-refractivity contribution < 1.29 is 13.9 Å². The van der Waals surface area contributed by atoms with Gasteiger partial charge in [-0.25, -0.2) is 19.2 Å². The number of ether oxygens (including phenoxy) is 1. The van der Waals surface area contributed by atoms with Crippen molar-refractivity contribution in [3.05, 3.63) is 71.2 Å². The summed E-state index contributed by atoms with van der Waals surface area (Å²) in [5, 5.41) is 5.05. The molecule has 6 nitrogen and oxygen atoms in total. The van der Waals surface area contributed by atoms with Crippen LogP contribution < -0.4 is 15.4 Å². The Labute approximate surface area is 151 Å². The monoisotopic (exact) mass is 402 g/mol. The van der Waals surface area contributed by atoms with Gasteiger partial charge in [0.15, 0.2) is 0 Å². The number of nitrogens with zero attached hydrogens (tertiary/aromatic N) is 2. The zero-order valence-corrected chi connectivity index (χ0v) is 14.3. The van der Waals surface area contributed by atoms with Gasteiger partial charge in [-0.1, -0.05) is 18.2 Å². The second-order valence-electron chi connectivity index (χ2n) is 4.87. The third kappa shape index (κ3) is 4.74. The summed E-state index contributed by atoms with van der Waals surface area (Å²) in [6.07, 6.45) is 3.12. The highest BCUT2D eigenvalue weighted by Crippen LogP contribution is 2.22. The quantitative estimate of drug-likeness (QED) is 0.655. The van der Waals surface area contributed by atoms with Crippen molar-refractivity contribution in [1.82, 2.24) is 9.97 Å². The van der Waals surface area contributed by atoms with Gasteiger partial charge in [-0.2, -0.15) is 0 Å². The lowest BCUT2D eigenvalue weighted by Gasteiger charge is -2.09. The minimum atomic E-state index is -0.567. The van der Waals surface area contributed by atoms with Gasteiger partial charge in [-0.3, -0.25) is 0 Å². The normalized spacial score (nSPS) is 10.2. The number of amides is 2. The Morgan fingerprint density at radius 1 is 1.04 bits per heavy atom. The Balaban J connectivity index is 1.66. The molecule has 1 heterocycles. The highest BCUT2D eigenvalue weighted by Gasteiger charge is 2.07. The summed E-state index contributed by atoms with van der Waals surface area (Å²) in [7, 11) is 0. The number of halogens is 2. The maximum Gasteiger partial charge on any atom is 0.323 e. The molecule has 25 heavy (non-hydrogen) atoms. The van der Waals surface area contributed by atoms with Crippen LogP contribution in [0.5, 0.6) is 11.8 Å². The molecule has 126 valence electrons. The fourth-order valence-corrected chi connectivity index (χ4v) is 2.15. The van der Waals surface area contributed by atoms with E-state index in [1.54, 1.807) is 48.8 Å². The minimum absolute atomic E-state index is 0.0932. The summed E-state index contributed by atoms with van der Waals surface area (Å²) in [4.78, 5) is 20.0. The Morgan fingerprint density at radius 3 is 2.56 bits per heavy atom. The lowest BCUT2D eigenvalue weighted by molar-refractivity contribution is 0.262. The van der Waals surface area contributed by atoms with Crippen LogP contribution in [0.1, 0.15) is 0 Å². The molecule has 0 aliphatic carbocycles. The fraction of sp³-hybridized carbons (Fsp3) is 0. The molecule has 1 aromatic heterocycles. The van der Waals surface area contributed by atoms with Crippen molar-refractivity contribution in [3.8, 4) is 11.8 Å². The van der Waals surface area contributed by atoms with E-state index < -0.39 is 11.8 Å². The highest BCUT2D eigenvalue weighted by molar-refractivity contribution is 9.10. The lowest BCUT2D eigenvalue weighted by atomic mass is 10.3. The first-order valence-corrected chi connectivity index (χ1v) is 7.97. The van der Waals surface area contributed by atoms with Crippen LogP contribution in [-0.4, -0.2) is 16.0 Å². The van der Waals surface area contributed by atoms with E-state index in [4.69, 9.17) is 4.74 Å². The molecule has 0 saturated heterocycles. The SMILES string of the molecule is O=C(Nc1cccc(Oc2ncc(Br)cn2)c1)Nc1ccccc1F. The van der Waals surface area contributed by atoms with E-state index in [9.17, 15) is 9.18 Å². The van der Waals surface area contributed by atoms with Crippen molar-refractivity contribution >= 4 is 33.3 Å². The smallest absolute Gasteiger partial charge is 0.323 e. The Bertz CT molecular complexity index is 890. The molecule has 0 spiro atoms. The number of nitrogens with one attached hydrogen (secondary N) is 2. The molecule has 0 unspecified atom stereocenters. The van der Waals surface area contributed by atoms with E-state index in [0.717, 1.165) is 4.47 Å². The Kier molecular flexibility index (Phi) is 5.20. The predicted molar refractivity (Wildman–Crippen MR) is 95.3 cm³/mol. The maximum absolute atomic E-state index is 13.5. The van der Waals surface area contributed by atoms with E-state index in [-0.39, 0.29) is 11.7 Å². The first-order chi connectivity index (χ1) is 12.1. The summed E-state index contributed by atoms with van der Waals surface area (Å²) in [5.41, 5.74) is 0.569. The fourth-order valence-electron chi connectivity index (χ4n) is 1.94. The minimum Gasteiger partial charge on any atom is -0.424 e. The van der Waals surface area contributed by atoms with Gasteiger partial charge in [0.2, 0.25) is 0 Å². The number of hydrogen-bond donors (Lipinski definition) is 2. The van der Waals surface area contributed by atoms with Gasteiger partial charge in [-0.15, -0.1) is 0 Å². The summed E-state index contributed by atoms with van der Waals surface area (Å²) in [6.45, 7) is 0. The first-order valence-electron chi connectivity index (χ1n) is 7.18. The molecule has 3 rings (SSSR count). The summed E-state index contributed by atoms with van der Waals surface area (Å²) >= 11 is 3.24. The topological polar surface area (TPSA) is 76.1 Å². The molecule has 8 heteroatoms. The second-order valence-corrected chi connectivity index (χ2v) is 5.79. The lowest BCUT2D eigenvalue weighted by Crippen LogP contribution is -2.20. The molecule has 0 fully saturated rings. The first kappa shape index (κ1) is 16.8. The van der Waals surface area contributed by atoms with E-state index >= 15 is 0 Å². The molecular formula is C17H12BrFN4O2. The van der Waals surface area contributed by atoms with E-state index in [0.29, 0.717) is 11.4 Å². The molecule has 0 radical (unpaired) electrons. The third-order valence-electron chi connectivity index (χ3n) is 3.02. The van der Waals surface area contributed by atoms with Crippen LogP contribution in [0.15, 0.2) is 65.4 Å². The average molecular weight is 403 g/mol. The molecule has 0 atom stereocenters. The van der Waals surface area contributed by atoms with Gasteiger partial charge in [0.05, 0.1) is 10.2 Å². The van der Waals surface area contributed by atoms with Gasteiger partial charge in [0, 0.05) is 24.1 Å². The largest absolute Gasteiger partial charge is 0.424 e. The van der Waals surface area contributed by atoms with Crippen LogP contribution in [0, 0.1) is 5.82 Å². The van der Waals surface area contributed by atoms with Crippen LogP contribution in [0.2, 0.25) is 0 Å². The molecule has 2 N–H and O–H groups in total.